The first kappa shape index (κ1) is 13.5. The van der Waals surface area contributed by atoms with Crippen molar-refractivity contribution in [3.63, 3.8) is 0 Å². The van der Waals surface area contributed by atoms with Crippen LogP contribution in [0.1, 0.15) is 77.0 Å². The van der Waals surface area contributed by atoms with Gasteiger partial charge in [0.15, 0.2) is 0 Å². The van der Waals surface area contributed by atoms with Gasteiger partial charge in [0.25, 0.3) is 0 Å². The van der Waals surface area contributed by atoms with Gasteiger partial charge in [-0.3, -0.25) is 4.90 Å². The zero-order valence-corrected chi connectivity index (χ0v) is 11.2. The van der Waals surface area contributed by atoms with Crippen LogP contribution in [0.25, 0.3) is 0 Å². The fourth-order valence-corrected chi connectivity index (χ4v) is 4.50. The molecule has 0 bridgehead atoms. The van der Waals surface area contributed by atoms with Crippen molar-refractivity contribution in [1.29, 1.82) is 0 Å². The van der Waals surface area contributed by atoms with Gasteiger partial charge in [-0.2, -0.15) is 0 Å². The third-order valence-electron chi connectivity index (χ3n) is 5.24. The molecule has 0 aromatic heterocycles. The Hall–Kier alpha value is 0.0249. The molecule has 0 amide bonds. The highest BCUT2D eigenvalue weighted by molar-refractivity contribution is 5.75. The van der Waals surface area contributed by atoms with E-state index < -0.39 is 0 Å². The van der Waals surface area contributed by atoms with Crippen LogP contribution in [0.15, 0.2) is 0 Å². The van der Waals surface area contributed by atoms with Crippen LogP contribution in [0, 0.1) is 0 Å². The van der Waals surface area contributed by atoms with E-state index in [9.17, 15) is 0 Å². The second kappa shape index (κ2) is 6.27. The summed E-state index contributed by atoms with van der Waals surface area (Å²) in [5.41, 5.74) is 0. The molecular formula is C15H27BN. The number of rotatable bonds is 3. The van der Waals surface area contributed by atoms with Gasteiger partial charge in [-0.25, -0.2) is 0 Å². The van der Waals surface area contributed by atoms with E-state index in [1.807, 2.05) is 0 Å². The standard InChI is InChI=1S/C15H27N.B/c1-2-8-13(7-1)16(14-9-3-4-10-14)15-11-5-6-12-15;/h13-15H,1-12H2;. The summed E-state index contributed by atoms with van der Waals surface area (Å²) in [5.74, 6) is 0. The summed E-state index contributed by atoms with van der Waals surface area (Å²) in [6, 6.07) is 2.93. The van der Waals surface area contributed by atoms with Crippen molar-refractivity contribution in [2.45, 2.75) is 95.2 Å². The van der Waals surface area contributed by atoms with Crippen molar-refractivity contribution in [2.24, 2.45) is 0 Å². The maximum absolute atomic E-state index is 3.02. The van der Waals surface area contributed by atoms with Crippen LogP contribution in [-0.2, 0) is 0 Å². The quantitative estimate of drug-likeness (QED) is 0.670. The smallest absolute Gasteiger partial charge is 0.0101 e. The molecule has 3 aliphatic rings. The van der Waals surface area contributed by atoms with Crippen molar-refractivity contribution in [3.05, 3.63) is 0 Å². The second-order valence-corrected chi connectivity index (χ2v) is 6.26. The lowest BCUT2D eigenvalue weighted by molar-refractivity contribution is 0.0841. The van der Waals surface area contributed by atoms with Crippen LogP contribution in [0.2, 0.25) is 0 Å². The van der Waals surface area contributed by atoms with Crippen LogP contribution in [-0.4, -0.2) is 31.4 Å². The van der Waals surface area contributed by atoms with Crippen molar-refractivity contribution in [3.8, 4) is 0 Å². The molecule has 0 aliphatic heterocycles. The first-order valence-electron chi connectivity index (χ1n) is 7.72. The highest BCUT2D eigenvalue weighted by Gasteiger charge is 2.36. The van der Waals surface area contributed by atoms with Gasteiger partial charge in [0.05, 0.1) is 0 Å². The lowest BCUT2D eigenvalue weighted by Gasteiger charge is -2.39. The highest BCUT2D eigenvalue weighted by Crippen LogP contribution is 2.37. The maximum Gasteiger partial charge on any atom is 0.0101 e. The summed E-state index contributed by atoms with van der Waals surface area (Å²) in [5, 5.41) is 0. The highest BCUT2D eigenvalue weighted by atomic mass is 15.2. The third kappa shape index (κ3) is 2.89. The van der Waals surface area contributed by atoms with E-state index in [-0.39, 0.29) is 8.41 Å². The number of nitrogens with zero attached hydrogens (tertiary/aromatic N) is 1. The molecular weight excluding hydrogens is 205 g/mol. The SMILES string of the molecule is C1CCC(N(C2CCCC2)C2CCCC2)C1.[B]. The van der Waals surface area contributed by atoms with Crippen LogP contribution in [0.3, 0.4) is 0 Å². The third-order valence-corrected chi connectivity index (χ3v) is 5.24. The average molecular weight is 232 g/mol. The predicted octanol–water partition coefficient (Wildman–Crippen LogP) is 3.74. The van der Waals surface area contributed by atoms with E-state index in [0.29, 0.717) is 0 Å². The Kier molecular flexibility index (Phi) is 4.96. The summed E-state index contributed by atoms with van der Waals surface area (Å²) >= 11 is 0. The van der Waals surface area contributed by atoms with Gasteiger partial charge in [0.1, 0.15) is 0 Å². The molecule has 3 aliphatic carbocycles. The summed E-state index contributed by atoms with van der Waals surface area (Å²) in [4.78, 5) is 3.02. The first-order chi connectivity index (χ1) is 7.95. The number of hydrogen-bond acceptors (Lipinski definition) is 1. The summed E-state index contributed by atoms with van der Waals surface area (Å²) in [7, 11) is 0. The van der Waals surface area contributed by atoms with Crippen molar-refractivity contribution in [2.75, 3.05) is 0 Å². The van der Waals surface area contributed by atoms with Gasteiger partial charge in [-0.15, -0.1) is 0 Å². The Morgan fingerprint density at radius 1 is 0.471 bits per heavy atom. The summed E-state index contributed by atoms with van der Waals surface area (Å²) in [6.07, 6.45) is 18.0. The van der Waals surface area contributed by atoms with Gasteiger partial charge in [0, 0.05) is 26.5 Å². The Morgan fingerprint density at radius 2 is 0.706 bits per heavy atom. The van der Waals surface area contributed by atoms with Crippen LogP contribution in [0.5, 0.6) is 0 Å². The minimum atomic E-state index is 0. The molecule has 3 fully saturated rings. The lowest BCUT2D eigenvalue weighted by atomic mass is 10.0. The molecule has 0 aromatic rings. The molecule has 0 spiro atoms. The molecule has 17 heavy (non-hydrogen) atoms. The molecule has 0 aromatic carbocycles. The van der Waals surface area contributed by atoms with Gasteiger partial charge in [0.2, 0.25) is 0 Å². The first-order valence-corrected chi connectivity index (χ1v) is 7.72. The second-order valence-electron chi connectivity index (χ2n) is 6.26. The zero-order valence-electron chi connectivity index (χ0n) is 11.2. The van der Waals surface area contributed by atoms with Gasteiger partial charge < -0.3 is 0 Å². The average Bonchev–Trinajstić information content (AvgIpc) is 3.02. The minimum absolute atomic E-state index is 0. The van der Waals surface area contributed by atoms with E-state index in [1.54, 1.807) is 0 Å². The Bertz CT molecular complexity index is 175. The largest absolute Gasteiger partial charge is 0.294 e. The van der Waals surface area contributed by atoms with Crippen LogP contribution < -0.4 is 0 Å². The molecule has 95 valence electrons. The van der Waals surface area contributed by atoms with Gasteiger partial charge in [-0.1, -0.05) is 38.5 Å². The predicted molar refractivity (Wildman–Crippen MR) is 74.4 cm³/mol. The lowest BCUT2D eigenvalue weighted by Crippen LogP contribution is -2.46. The molecule has 0 unspecified atom stereocenters. The Balaban J connectivity index is 0.00000108. The molecule has 2 heteroatoms. The summed E-state index contributed by atoms with van der Waals surface area (Å²) < 4.78 is 0. The van der Waals surface area contributed by atoms with Crippen molar-refractivity contribution < 1.29 is 0 Å². The van der Waals surface area contributed by atoms with E-state index in [2.05, 4.69) is 4.90 Å². The number of hydrogen-bond donors (Lipinski definition) is 0. The van der Waals surface area contributed by atoms with Crippen LogP contribution in [0.4, 0.5) is 0 Å². The molecule has 0 saturated heterocycles. The maximum atomic E-state index is 3.02. The fraction of sp³-hybridized carbons (Fsp3) is 1.00. The van der Waals surface area contributed by atoms with Crippen LogP contribution >= 0.6 is 0 Å². The zero-order chi connectivity index (χ0) is 10.8. The van der Waals surface area contributed by atoms with Crippen molar-refractivity contribution in [1.82, 2.24) is 4.90 Å². The molecule has 3 saturated carbocycles. The molecule has 3 rings (SSSR count). The molecule has 3 radical (unpaired) electrons. The minimum Gasteiger partial charge on any atom is -0.294 e. The Morgan fingerprint density at radius 3 is 0.941 bits per heavy atom. The molecule has 0 atom stereocenters. The van der Waals surface area contributed by atoms with E-state index in [0.717, 1.165) is 18.1 Å². The topological polar surface area (TPSA) is 3.24 Å². The molecule has 1 nitrogen and oxygen atoms in total. The fourth-order valence-electron chi connectivity index (χ4n) is 4.50. The molecule has 0 N–H and O–H groups in total. The van der Waals surface area contributed by atoms with E-state index >= 15 is 0 Å². The van der Waals surface area contributed by atoms with Gasteiger partial charge in [-0.05, 0) is 38.5 Å². The molecule has 0 heterocycles. The summed E-state index contributed by atoms with van der Waals surface area (Å²) in [6.45, 7) is 0. The normalized spacial score (nSPS) is 28.1. The Labute approximate surface area is 109 Å². The van der Waals surface area contributed by atoms with Crippen molar-refractivity contribution >= 4 is 8.41 Å². The van der Waals surface area contributed by atoms with Gasteiger partial charge >= 0.3 is 0 Å². The van der Waals surface area contributed by atoms with E-state index in [1.165, 1.54) is 77.0 Å². The monoisotopic (exact) mass is 232 g/mol. The van der Waals surface area contributed by atoms with E-state index in [4.69, 9.17) is 0 Å².